The average Bonchev–Trinajstić information content (AvgIpc) is 3.28. The molecule has 6 heteroatoms. The Morgan fingerprint density at radius 2 is 1.88 bits per heavy atom. The van der Waals surface area contributed by atoms with Crippen molar-refractivity contribution in [3.8, 4) is 5.69 Å². The summed E-state index contributed by atoms with van der Waals surface area (Å²) in [4.78, 5) is 12.2. The van der Waals surface area contributed by atoms with E-state index in [1.165, 1.54) is 24.2 Å². The summed E-state index contributed by atoms with van der Waals surface area (Å²) >= 11 is 1.47. The quantitative estimate of drug-likeness (QED) is 0.615. The number of nitrogens with one attached hydrogen (secondary N) is 1. The molecule has 3 aromatic rings. The fourth-order valence-corrected chi connectivity index (χ4v) is 3.37. The van der Waals surface area contributed by atoms with Crippen LogP contribution in [0.4, 0.5) is 5.13 Å². The van der Waals surface area contributed by atoms with Gasteiger partial charge in [-0.3, -0.25) is 4.79 Å². The molecule has 25 heavy (non-hydrogen) atoms. The summed E-state index contributed by atoms with van der Waals surface area (Å²) in [5.74, 6) is -0.0648. The number of aryl methyl sites for hydroxylation is 1. The molecular formula is C19H22N4OS. The first-order valence-electron chi connectivity index (χ1n) is 8.59. The zero-order valence-electron chi connectivity index (χ0n) is 14.3. The van der Waals surface area contributed by atoms with E-state index in [-0.39, 0.29) is 5.91 Å². The van der Waals surface area contributed by atoms with Crippen molar-refractivity contribution >= 4 is 22.4 Å². The second-order valence-corrected chi connectivity index (χ2v) is 7.00. The molecule has 130 valence electrons. The van der Waals surface area contributed by atoms with Crippen LogP contribution in [0.2, 0.25) is 0 Å². The lowest BCUT2D eigenvalue weighted by Gasteiger charge is -2.05. The van der Waals surface area contributed by atoms with Crippen molar-refractivity contribution < 1.29 is 4.79 Å². The van der Waals surface area contributed by atoms with Crippen molar-refractivity contribution in [2.45, 2.75) is 39.0 Å². The predicted octanol–water partition coefficient (Wildman–Crippen LogP) is 4.24. The standard InChI is InChI=1S/C19H22N4OS/c1-2-3-4-7-18-21-22-19(25-18)20-17(24)14-15-8-10-16(11-9-15)23-12-5-6-13-23/h5-6,8-13H,2-4,7,14H2,1H3,(H,20,22,24). The van der Waals surface area contributed by atoms with Crippen LogP contribution in [0.5, 0.6) is 0 Å². The number of rotatable bonds is 8. The Kier molecular flexibility index (Phi) is 5.95. The number of aromatic nitrogens is 3. The van der Waals surface area contributed by atoms with Gasteiger partial charge in [0.15, 0.2) is 0 Å². The maximum atomic E-state index is 12.2. The normalized spacial score (nSPS) is 10.8. The van der Waals surface area contributed by atoms with Crippen LogP contribution in [0.1, 0.15) is 36.8 Å². The van der Waals surface area contributed by atoms with Crippen molar-refractivity contribution in [2.75, 3.05) is 5.32 Å². The number of nitrogens with zero attached hydrogens (tertiary/aromatic N) is 3. The van der Waals surface area contributed by atoms with Crippen LogP contribution >= 0.6 is 11.3 Å². The lowest BCUT2D eigenvalue weighted by molar-refractivity contribution is -0.115. The molecule has 0 unspecified atom stereocenters. The maximum absolute atomic E-state index is 12.2. The first kappa shape index (κ1) is 17.4. The third kappa shape index (κ3) is 5.00. The van der Waals surface area contributed by atoms with Crippen molar-refractivity contribution in [3.05, 3.63) is 59.4 Å². The summed E-state index contributed by atoms with van der Waals surface area (Å²) in [7, 11) is 0. The minimum atomic E-state index is -0.0648. The van der Waals surface area contributed by atoms with Crippen LogP contribution in [-0.4, -0.2) is 20.7 Å². The lowest BCUT2D eigenvalue weighted by atomic mass is 10.1. The molecule has 1 N–H and O–H groups in total. The number of hydrogen-bond acceptors (Lipinski definition) is 4. The van der Waals surface area contributed by atoms with E-state index in [9.17, 15) is 4.79 Å². The van der Waals surface area contributed by atoms with E-state index in [4.69, 9.17) is 0 Å². The zero-order chi connectivity index (χ0) is 17.5. The second-order valence-electron chi connectivity index (χ2n) is 5.94. The number of carbonyl (C=O) groups is 1. The fraction of sp³-hybridized carbons (Fsp3) is 0.316. The summed E-state index contributed by atoms with van der Waals surface area (Å²) in [6, 6.07) is 12.0. The first-order chi connectivity index (χ1) is 12.2. The molecule has 0 saturated carbocycles. The minimum Gasteiger partial charge on any atom is -0.324 e. The zero-order valence-corrected chi connectivity index (χ0v) is 15.1. The van der Waals surface area contributed by atoms with Gasteiger partial charge in [0, 0.05) is 24.5 Å². The molecule has 2 heterocycles. The van der Waals surface area contributed by atoms with Crippen LogP contribution in [0.3, 0.4) is 0 Å². The van der Waals surface area contributed by atoms with Gasteiger partial charge in [-0.15, -0.1) is 10.2 Å². The van der Waals surface area contributed by atoms with Gasteiger partial charge in [0.1, 0.15) is 5.01 Å². The highest BCUT2D eigenvalue weighted by Gasteiger charge is 2.09. The number of hydrogen-bond donors (Lipinski definition) is 1. The average molecular weight is 354 g/mol. The number of anilines is 1. The maximum Gasteiger partial charge on any atom is 0.230 e. The third-order valence-electron chi connectivity index (χ3n) is 3.91. The van der Waals surface area contributed by atoms with E-state index < -0.39 is 0 Å². The highest BCUT2D eigenvalue weighted by molar-refractivity contribution is 7.15. The lowest BCUT2D eigenvalue weighted by Crippen LogP contribution is -2.14. The van der Waals surface area contributed by atoms with E-state index >= 15 is 0 Å². The molecule has 0 aliphatic rings. The Balaban J connectivity index is 1.52. The molecule has 0 atom stereocenters. The van der Waals surface area contributed by atoms with Crippen LogP contribution < -0.4 is 5.32 Å². The Morgan fingerprint density at radius 1 is 1.12 bits per heavy atom. The smallest absolute Gasteiger partial charge is 0.230 e. The molecule has 0 radical (unpaired) electrons. The van der Waals surface area contributed by atoms with Gasteiger partial charge >= 0.3 is 0 Å². The van der Waals surface area contributed by atoms with Crippen molar-refractivity contribution in [3.63, 3.8) is 0 Å². The molecule has 3 rings (SSSR count). The molecule has 0 bridgehead atoms. The van der Waals surface area contributed by atoms with E-state index in [1.54, 1.807) is 0 Å². The van der Waals surface area contributed by atoms with Crippen molar-refractivity contribution in [1.29, 1.82) is 0 Å². The largest absolute Gasteiger partial charge is 0.324 e. The van der Waals surface area contributed by atoms with Crippen LogP contribution in [0.25, 0.3) is 5.69 Å². The number of benzene rings is 1. The number of carbonyl (C=O) groups excluding carboxylic acids is 1. The van der Waals surface area contributed by atoms with Gasteiger partial charge in [-0.2, -0.15) is 0 Å². The highest BCUT2D eigenvalue weighted by atomic mass is 32.1. The van der Waals surface area contributed by atoms with Gasteiger partial charge in [-0.05, 0) is 36.2 Å². The predicted molar refractivity (Wildman–Crippen MR) is 101 cm³/mol. The first-order valence-corrected chi connectivity index (χ1v) is 9.41. The van der Waals surface area contributed by atoms with Gasteiger partial charge in [-0.25, -0.2) is 0 Å². The summed E-state index contributed by atoms with van der Waals surface area (Å²) in [6.45, 7) is 2.18. The van der Waals surface area contributed by atoms with Gasteiger partial charge in [-0.1, -0.05) is 43.2 Å². The van der Waals surface area contributed by atoms with Gasteiger partial charge in [0.25, 0.3) is 0 Å². The summed E-state index contributed by atoms with van der Waals surface area (Å²) in [5.41, 5.74) is 2.05. The SMILES string of the molecule is CCCCCc1nnc(NC(=O)Cc2ccc(-n3cccc3)cc2)s1. The Labute approximate surface area is 151 Å². The Morgan fingerprint density at radius 3 is 2.60 bits per heavy atom. The van der Waals surface area contributed by atoms with Crippen LogP contribution in [0.15, 0.2) is 48.8 Å². The topological polar surface area (TPSA) is 59.8 Å². The molecule has 1 amide bonds. The molecule has 1 aromatic carbocycles. The third-order valence-corrected chi connectivity index (χ3v) is 4.81. The Bertz CT molecular complexity index is 793. The van der Waals surface area contributed by atoms with Gasteiger partial charge < -0.3 is 9.88 Å². The fourth-order valence-electron chi connectivity index (χ4n) is 2.57. The minimum absolute atomic E-state index is 0.0648. The number of amides is 1. The molecule has 0 spiro atoms. The van der Waals surface area contributed by atoms with E-state index in [0.717, 1.165) is 29.1 Å². The molecule has 0 saturated heterocycles. The van der Waals surface area contributed by atoms with Crippen molar-refractivity contribution in [2.24, 2.45) is 0 Å². The van der Waals surface area contributed by atoms with Gasteiger partial charge in [0.2, 0.25) is 11.0 Å². The molecule has 5 nitrogen and oxygen atoms in total. The van der Waals surface area contributed by atoms with Crippen LogP contribution in [-0.2, 0) is 17.6 Å². The highest BCUT2D eigenvalue weighted by Crippen LogP contribution is 2.18. The molecule has 0 aliphatic heterocycles. The van der Waals surface area contributed by atoms with E-state index in [0.29, 0.717) is 11.6 Å². The molecule has 0 aliphatic carbocycles. The number of unbranched alkanes of at least 4 members (excludes halogenated alkanes) is 2. The van der Waals surface area contributed by atoms with Crippen LogP contribution in [0, 0.1) is 0 Å². The molecular weight excluding hydrogens is 332 g/mol. The molecule has 0 fully saturated rings. The van der Waals surface area contributed by atoms with E-state index in [2.05, 4.69) is 22.4 Å². The monoisotopic (exact) mass is 354 g/mol. The van der Waals surface area contributed by atoms with Crippen molar-refractivity contribution in [1.82, 2.24) is 14.8 Å². The van der Waals surface area contributed by atoms with E-state index in [1.807, 2.05) is 53.4 Å². The summed E-state index contributed by atoms with van der Waals surface area (Å²) in [5, 5.41) is 12.6. The van der Waals surface area contributed by atoms with Gasteiger partial charge in [0.05, 0.1) is 6.42 Å². The Hall–Kier alpha value is -2.47. The second kappa shape index (κ2) is 8.58. The summed E-state index contributed by atoms with van der Waals surface area (Å²) < 4.78 is 2.03. The summed E-state index contributed by atoms with van der Waals surface area (Å²) in [6.07, 6.45) is 8.75. The molecule has 2 aromatic heterocycles.